The van der Waals surface area contributed by atoms with Gasteiger partial charge in [-0.1, -0.05) is 56.1 Å². The molecule has 2 nitrogen and oxygen atoms in total. The zero-order valence-electron chi connectivity index (χ0n) is 11.5. The first-order chi connectivity index (χ1) is 9.61. The molecule has 0 saturated heterocycles. The second-order valence-corrected chi connectivity index (χ2v) is 6.35. The Morgan fingerprint density at radius 1 is 1.15 bits per heavy atom. The van der Waals surface area contributed by atoms with Crippen LogP contribution in [0.25, 0.3) is 0 Å². The van der Waals surface area contributed by atoms with Gasteiger partial charge in [-0.05, 0) is 30.7 Å². The van der Waals surface area contributed by atoms with Crippen LogP contribution in [-0.4, -0.2) is 7.11 Å². The van der Waals surface area contributed by atoms with Crippen molar-refractivity contribution in [3.8, 4) is 5.75 Å². The van der Waals surface area contributed by atoms with Gasteiger partial charge in [0, 0.05) is 27.1 Å². The van der Waals surface area contributed by atoms with Crippen LogP contribution in [-0.2, 0) is 6.54 Å². The molecular formula is C16H17Br2NO. The maximum atomic E-state index is 5.37. The fraction of sp³-hybridized carbons (Fsp3) is 0.250. The molecule has 2 rings (SSSR count). The van der Waals surface area contributed by atoms with Crippen LogP contribution in [0, 0.1) is 0 Å². The van der Waals surface area contributed by atoms with Gasteiger partial charge in [0.25, 0.3) is 0 Å². The third-order valence-electron chi connectivity index (χ3n) is 3.22. The van der Waals surface area contributed by atoms with E-state index in [1.54, 1.807) is 7.11 Å². The number of hydrogen-bond donors (Lipinski definition) is 1. The Balaban J connectivity index is 2.06. The summed E-state index contributed by atoms with van der Waals surface area (Å²) in [6.07, 6.45) is 0. The average Bonchev–Trinajstić information content (AvgIpc) is 2.45. The Morgan fingerprint density at radius 3 is 2.60 bits per heavy atom. The maximum absolute atomic E-state index is 5.37. The summed E-state index contributed by atoms with van der Waals surface area (Å²) >= 11 is 7.08. The van der Waals surface area contributed by atoms with Crippen LogP contribution in [0.15, 0.2) is 51.4 Å². The second-order valence-electron chi connectivity index (χ2n) is 4.58. The van der Waals surface area contributed by atoms with Gasteiger partial charge in [-0.25, -0.2) is 0 Å². The largest absolute Gasteiger partial charge is 0.496 e. The lowest BCUT2D eigenvalue weighted by Gasteiger charge is -2.17. The summed E-state index contributed by atoms with van der Waals surface area (Å²) in [6.45, 7) is 2.93. The highest BCUT2D eigenvalue weighted by Gasteiger charge is 2.10. The van der Waals surface area contributed by atoms with Crippen molar-refractivity contribution < 1.29 is 4.74 Å². The number of para-hydroxylation sites is 1. The van der Waals surface area contributed by atoms with Crippen LogP contribution in [0.3, 0.4) is 0 Å². The molecule has 4 heteroatoms. The van der Waals surface area contributed by atoms with E-state index in [0.29, 0.717) is 0 Å². The number of methoxy groups -OCH3 is 1. The van der Waals surface area contributed by atoms with Crippen molar-refractivity contribution in [3.63, 3.8) is 0 Å². The van der Waals surface area contributed by atoms with Crippen molar-refractivity contribution >= 4 is 31.9 Å². The van der Waals surface area contributed by atoms with Crippen molar-refractivity contribution in [3.05, 3.63) is 62.5 Å². The summed E-state index contributed by atoms with van der Waals surface area (Å²) in [4.78, 5) is 0. The first kappa shape index (κ1) is 15.5. The second kappa shape index (κ2) is 7.25. The van der Waals surface area contributed by atoms with Crippen LogP contribution in [0.5, 0.6) is 5.75 Å². The van der Waals surface area contributed by atoms with Crippen molar-refractivity contribution in [1.29, 1.82) is 0 Å². The molecule has 20 heavy (non-hydrogen) atoms. The molecule has 2 aromatic rings. The maximum Gasteiger partial charge on any atom is 0.123 e. The minimum absolute atomic E-state index is 0.252. The molecular weight excluding hydrogens is 382 g/mol. The molecule has 0 heterocycles. The highest BCUT2D eigenvalue weighted by atomic mass is 79.9. The van der Waals surface area contributed by atoms with Crippen molar-refractivity contribution in [2.24, 2.45) is 0 Å². The summed E-state index contributed by atoms with van der Waals surface area (Å²) in [5, 5.41) is 3.52. The number of ether oxygens (including phenoxy) is 1. The summed E-state index contributed by atoms with van der Waals surface area (Å²) < 4.78 is 7.55. The van der Waals surface area contributed by atoms with Gasteiger partial charge in [0.2, 0.25) is 0 Å². The molecule has 0 amide bonds. The van der Waals surface area contributed by atoms with E-state index in [0.717, 1.165) is 26.8 Å². The molecule has 0 aliphatic heterocycles. The SMILES string of the molecule is COc1ccccc1CNC(C)c1ccc(Br)cc1Br. The monoisotopic (exact) mass is 397 g/mol. The topological polar surface area (TPSA) is 21.3 Å². The molecule has 1 unspecified atom stereocenters. The van der Waals surface area contributed by atoms with Crippen LogP contribution in [0.2, 0.25) is 0 Å². The lowest BCUT2D eigenvalue weighted by atomic mass is 10.1. The van der Waals surface area contributed by atoms with Crippen LogP contribution < -0.4 is 10.1 Å². The van der Waals surface area contributed by atoms with E-state index in [1.165, 1.54) is 5.56 Å². The van der Waals surface area contributed by atoms with Crippen LogP contribution in [0.4, 0.5) is 0 Å². The van der Waals surface area contributed by atoms with Gasteiger partial charge in [-0.3, -0.25) is 0 Å². The van der Waals surface area contributed by atoms with Crippen LogP contribution >= 0.6 is 31.9 Å². The Labute approximate surface area is 136 Å². The van der Waals surface area contributed by atoms with E-state index in [-0.39, 0.29) is 6.04 Å². The summed E-state index contributed by atoms with van der Waals surface area (Å²) in [6, 6.07) is 14.6. The number of halogens is 2. The van der Waals surface area contributed by atoms with Gasteiger partial charge in [-0.2, -0.15) is 0 Å². The Bertz CT molecular complexity index is 586. The van der Waals surface area contributed by atoms with Crippen molar-refractivity contribution in [1.82, 2.24) is 5.32 Å². The average molecular weight is 399 g/mol. The van der Waals surface area contributed by atoms with E-state index in [9.17, 15) is 0 Å². The van der Waals surface area contributed by atoms with E-state index in [1.807, 2.05) is 18.2 Å². The van der Waals surface area contributed by atoms with E-state index >= 15 is 0 Å². The lowest BCUT2D eigenvalue weighted by Crippen LogP contribution is -2.18. The van der Waals surface area contributed by atoms with Gasteiger partial charge in [-0.15, -0.1) is 0 Å². The zero-order valence-corrected chi connectivity index (χ0v) is 14.7. The normalized spacial score (nSPS) is 12.2. The molecule has 0 saturated carbocycles. The fourth-order valence-corrected chi connectivity index (χ4v) is 3.47. The smallest absolute Gasteiger partial charge is 0.123 e. The van der Waals surface area contributed by atoms with E-state index in [2.05, 4.69) is 68.4 Å². The highest BCUT2D eigenvalue weighted by molar-refractivity contribution is 9.11. The molecule has 0 spiro atoms. The van der Waals surface area contributed by atoms with Gasteiger partial charge >= 0.3 is 0 Å². The Kier molecular flexibility index (Phi) is 5.64. The number of nitrogens with one attached hydrogen (secondary N) is 1. The zero-order chi connectivity index (χ0) is 14.5. The molecule has 1 atom stereocenters. The lowest BCUT2D eigenvalue weighted by molar-refractivity contribution is 0.406. The number of benzene rings is 2. The highest BCUT2D eigenvalue weighted by Crippen LogP contribution is 2.27. The van der Waals surface area contributed by atoms with E-state index < -0.39 is 0 Å². The molecule has 0 aliphatic rings. The summed E-state index contributed by atoms with van der Waals surface area (Å²) in [7, 11) is 1.70. The van der Waals surface area contributed by atoms with Crippen LogP contribution in [0.1, 0.15) is 24.1 Å². The number of hydrogen-bond acceptors (Lipinski definition) is 2. The summed E-state index contributed by atoms with van der Waals surface area (Å²) in [5.74, 6) is 0.919. The molecule has 0 aromatic heterocycles. The molecule has 0 aliphatic carbocycles. The fourth-order valence-electron chi connectivity index (χ4n) is 2.07. The molecule has 0 bridgehead atoms. The van der Waals surface area contributed by atoms with Gasteiger partial charge in [0.15, 0.2) is 0 Å². The molecule has 106 valence electrons. The molecule has 0 radical (unpaired) electrons. The van der Waals surface area contributed by atoms with Gasteiger partial charge in [0.1, 0.15) is 5.75 Å². The minimum atomic E-state index is 0.252. The number of rotatable bonds is 5. The first-order valence-corrected chi connectivity index (χ1v) is 8.00. The van der Waals surface area contributed by atoms with Gasteiger partial charge in [0.05, 0.1) is 7.11 Å². The standard InChI is InChI=1S/C16H17Br2NO/c1-11(14-8-7-13(17)9-15(14)18)19-10-12-5-3-4-6-16(12)20-2/h3-9,11,19H,10H2,1-2H3. The minimum Gasteiger partial charge on any atom is -0.496 e. The third kappa shape index (κ3) is 3.84. The first-order valence-electron chi connectivity index (χ1n) is 6.42. The predicted octanol–water partition coefficient (Wildman–Crippen LogP) is 5.07. The molecule has 0 fully saturated rings. The quantitative estimate of drug-likeness (QED) is 0.758. The molecule has 2 aromatic carbocycles. The summed E-state index contributed by atoms with van der Waals surface area (Å²) in [5.41, 5.74) is 2.40. The van der Waals surface area contributed by atoms with E-state index in [4.69, 9.17) is 4.74 Å². The third-order valence-corrected chi connectivity index (χ3v) is 4.40. The van der Waals surface area contributed by atoms with Gasteiger partial charge < -0.3 is 10.1 Å². The Hall–Kier alpha value is -0.840. The van der Waals surface area contributed by atoms with Crippen molar-refractivity contribution in [2.45, 2.75) is 19.5 Å². The predicted molar refractivity (Wildman–Crippen MR) is 90.1 cm³/mol. The van der Waals surface area contributed by atoms with Crippen molar-refractivity contribution in [2.75, 3.05) is 7.11 Å². The Morgan fingerprint density at radius 2 is 1.90 bits per heavy atom. The molecule has 1 N–H and O–H groups in total.